The number of hydrogen-bond acceptors (Lipinski definition) is 5. The molecule has 0 saturated heterocycles. The summed E-state index contributed by atoms with van der Waals surface area (Å²) in [7, 11) is -2.01. The smallest absolute Gasteiger partial charge is 0.211 e. The van der Waals surface area contributed by atoms with Crippen LogP contribution in [0.2, 0.25) is 0 Å². The Hall–Kier alpha value is -3.69. The van der Waals surface area contributed by atoms with Gasteiger partial charge in [-0.2, -0.15) is 5.26 Å². The van der Waals surface area contributed by atoms with Crippen molar-refractivity contribution in [3.8, 4) is 6.07 Å². The number of Topliss-reactive ketones (excluding diaryl/α,β-unsaturated/α-hetero) is 1. The first-order chi connectivity index (χ1) is 15.1. The van der Waals surface area contributed by atoms with E-state index >= 15 is 0 Å². The van der Waals surface area contributed by atoms with E-state index in [2.05, 4.69) is 19.2 Å². The van der Waals surface area contributed by atoms with E-state index in [4.69, 9.17) is 0 Å². The number of rotatable bonds is 5. The minimum absolute atomic E-state index is 0.0126. The summed E-state index contributed by atoms with van der Waals surface area (Å²) in [5.41, 5.74) is 2.61. The van der Waals surface area contributed by atoms with Crippen LogP contribution in [-0.4, -0.2) is 26.1 Å². The molecule has 162 valence electrons. The molecule has 5 nitrogen and oxygen atoms in total. The maximum Gasteiger partial charge on any atom is 0.211 e. The molecule has 0 bridgehead atoms. The molecule has 0 aliphatic carbocycles. The van der Waals surface area contributed by atoms with E-state index in [0.29, 0.717) is 5.57 Å². The van der Waals surface area contributed by atoms with Gasteiger partial charge in [-0.15, -0.1) is 0 Å². The van der Waals surface area contributed by atoms with Crippen LogP contribution in [0.3, 0.4) is 0 Å². The van der Waals surface area contributed by atoms with Gasteiger partial charge in [0.15, 0.2) is 0 Å². The largest absolute Gasteiger partial charge is 0.346 e. The average Bonchev–Trinajstić information content (AvgIpc) is 3.07. The molecule has 0 N–H and O–H groups in total. The quantitative estimate of drug-likeness (QED) is 0.362. The number of ketones is 1. The third-order valence-electron chi connectivity index (χ3n) is 5.65. The van der Waals surface area contributed by atoms with E-state index in [1.165, 1.54) is 30.4 Å². The zero-order valence-corrected chi connectivity index (χ0v) is 19.1. The normalized spacial score (nSPS) is 22.0. The van der Waals surface area contributed by atoms with Crippen LogP contribution in [0, 0.1) is 16.7 Å². The number of carbonyl (C=O) groups excluding carboxylic acids is 1. The molecule has 32 heavy (non-hydrogen) atoms. The van der Waals surface area contributed by atoms with E-state index < -0.39 is 21.0 Å². The van der Waals surface area contributed by atoms with Crippen molar-refractivity contribution in [3.05, 3.63) is 113 Å². The number of allylic oxidation sites excluding steroid dienone is 10. The molecule has 0 saturated carbocycles. The summed E-state index contributed by atoms with van der Waals surface area (Å²) in [6.45, 7) is 11.6. The van der Waals surface area contributed by atoms with Crippen LogP contribution in [0.25, 0.3) is 0 Å². The second-order valence-corrected chi connectivity index (χ2v) is 9.76. The third-order valence-corrected chi connectivity index (χ3v) is 7.49. The summed E-state index contributed by atoms with van der Waals surface area (Å²) < 4.78 is 25.5. The lowest BCUT2D eigenvalue weighted by Crippen LogP contribution is -2.21. The standard InChI is InChI=1S/C26H24N2O3S/c1-6-8-14-21-20(7-2)26(3,4)25(28(21)5)18(17-27)12-11-16-23-24(29)19-13-9-10-15-22(19)32(23,30)31/h6-16H,1-2H2,3-5H3/b12-11+,14-8-,23-16-,25-18-. The van der Waals surface area contributed by atoms with Crippen molar-refractivity contribution in [1.82, 2.24) is 4.90 Å². The first-order valence-electron chi connectivity index (χ1n) is 9.95. The zero-order chi connectivity index (χ0) is 23.7. The number of sulfone groups is 1. The lowest BCUT2D eigenvalue weighted by atomic mass is 9.81. The lowest BCUT2D eigenvalue weighted by Gasteiger charge is -2.26. The van der Waals surface area contributed by atoms with Gasteiger partial charge in [-0.05, 0) is 35.9 Å². The molecule has 2 aliphatic heterocycles. The van der Waals surface area contributed by atoms with Crippen LogP contribution < -0.4 is 0 Å². The molecule has 1 aromatic carbocycles. The van der Waals surface area contributed by atoms with E-state index in [0.717, 1.165) is 17.0 Å². The number of nitrogens with zero attached hydrogens (tertiary/aromatic N) is 2. The highest BCUT2D eigenvalue weighted by Gasteiger charge is 2.40. The molecule has 0 amide bonds. The van der Waals surface area contributed by atoms with Crippen molar-refractivity contribution in [3.63, 3.8) is 0 Å². The number of likely N-dealkylation sites (N-methyl/N-ethyl adjacent to an activating group) is 1. The molecule has 2 aliphatic rings. The van der Waals surface area contributed by atoms with Crippen molar-refractivity contribution in [2.45, 2.75) is 18.7 Å². The summed E-state index contributed by atoms with van der Waals surface area (Å²) in [6, 6.07) is 8.34. The van der Waals surface area contributed by atoms with E-state index in [9.17, 15) is 18.5 Å². The Morgan fingerprint density at radius 3 is 2.47 bits per heavy atom. The molecule has 0 radical (unpaired) electrons. The Kier molecular flexibility index (Phi) is 6.07. The number of nitriles is 1. The summed E-state index contributed by atoms with van der Waals surface area (Å²) in [5.74, 6) is -0.540. The Labute approximate surface area is 189 Å². The summed E-state index contributed by atoms with van der Waals surface area (Å²) in [5, 5.41) is 9.88. The monoisotopic (exact) mass is 444 g/mol. The van der Waals surface area contributed by atoms with Crippen LogP contribution in [0.4, 0.5) is 0 Å². The van der Waals surface area contributed by atoms with Crippen LogP contribution in [-0.2, 0) is 9.84 Å². The fourth-order valence-corrected chi connectivity index (χ4v) is 5.79. The third kappa shape index (κ3) is 3.51. The molecular weight excluding hydrogens is 420 g/mol. The Balaban J connectivity index is 2.07. The summed E-state index contributed by atoms with van der Waals surface area (Å²) >= 11 is 0. The lowest BCUT2D eigenvalue weighted by molar-refractivity contribution is 0.104. The Bertz CT molecular complexity index is 1330. The second-order valence-electron chi connectivity index (χ2n) is 7.87. The van der Waals surface area contributed by atoms with Crippen molar-refractivity contribution >= 4 is 15.6 Å². The van der Waals surface area contributed by atoms with Crippen LogP contribution in [0.1, 0.15) is 24.2 Å². The molecular formula is C26H24N2O3S. The van der Waals surface area contributed by atoms with E-state index in [1.807, 2.05) is 37.9 Å². The molecule has 0 atom stereocenters. The summed E-state index contributed by atoms with van der Waals surface area (Å²) in [6.07, 6.45) is 11.4. The van der Waals surface area contributed by atoms with Gasteiger partial charge >= 0.3 is 0 Å². The van der Waals surface area contributed by atoms with Crippen LogP contribution in [0.5, 0.6) is 0 Å². The number of carbonyl (C=O) groups is 1. The molecule has 1 aromatic rings. The SMILES string of the molecule is C=C/C=C\C1=C(C=C)C(C)(C)\C(=C(C#N)/C=C/C=C2/C(=O)c3ccccc3S2(=O)=O)N1C. The zero-order valence-electron chi connectivity index (χ0n) is 18.3. The topological polar surface area (TPSA) is 78.2 Å². The van der Waals surface area contributed by atoms with Gasteiger partial charge in [-0.25, -0.2) is 8.42 Å². The molecule has 0 spiro atoms. The first-order valence-corrected chi connectivity index (χ1v) is 11.4. The van der Waals surface area contributed by atoms with Crippen molar-refractivity contribution in [2.75, 3.05) is 7.05 Å². The van der Waals surface area contributed by atoms with Gasteiger partial charge < -0.3 is 4.90 Å². The van der Waals surface area contributed by atoms with Crippen LogP contribution in [0.15, 0.2) is 112 Å². The minimum Gasteiger partial charge on any atom is -0.346 e. The molecule has 0 fully saturated rings. The van der Waals surface area contributed by atoms with Crippen molar-refractivity contribution in [1.29, 1.82) is 5.26 Å². The fraction of sp³-hybridized carbons (Fsp3) is 0.154. The highest BCUT2D eigenvalue weighted by Crippen LogP contribution is 2.48. The highest BCUT2D eigenvalue weighted by molar-refractivity contribution is 7.97. The number of fused-ring (bicyclic) bond motifs is 1. The number of hydrogen-bond donors (Lipinski definition) is 0. The molecule has 0 unspecified atom stereocenters. The van der Waals surface area contributed by atoms with Gasteiger partial charge in [0.25, 0.3) is 0 Å². The van der Waals surface area contributed by atoms with Crippen molar-refractivity contribution in [2.24, 2.45) is 5.41 Å². The molecule has 6 heteroatoms. The highest BCUT2D eigenvalue weighted by atomic mass is 32.2. The van der Waals surface area contributed by atoms with E-state index in [1.54, 1.807) is 24.3 Å². The van der Waals surface area contributed by atoms with Gasteiger partial charge in [0.1, 0.15) is 11.0 Å². The van der Waals surface area contributed by atoms with Gasteiger partial charge in [-0.1, -0.05) is 63.4 Å². The van der Waals surface area contributed by atoms with Gasteiger partial charge in [-0.3, -0.25) is 4.79 Å². The molecule has 2 heterocycles. The van der Waals surface area contributed by atoms with Crippen molar-refractivity contribution < 1.29 is 13.2 Å². The van der Waals surface area contributed by atoms with Crippen LogP contribution >= 0.6 is 0 Å². The second kappa shape index (κ2) is 8.45. The predicted molar refractivity (Wildman–Crippen MR) is 126 cm³/mol. The minimum atomic E-state index is -3.87. The molecule has 0 aromatic heterocycles. The summed E-state index contributed by atoms with van der Waals surface area (Å²) in [4.78, 5) is 14.2. The maximum atomic E-state index is 12.7. The number of benzene rings is 1. The van der Waals surface area contributed by atoms with Gasteiger partial charge in [0, 0.05) is 29.4 Å². The fourth-order valence-electron chi connectivity index (χ4n) is 4.23. The molecule has 3 rings (SSSR count). The van der Waals surface area contributed by atoms with Gasteiger partial charge in [0.05, 0.1) is 10.5 Å². The predicted octanol–water partition coefficient (Wildman–Crippen LogP) is 5.03. The first kappa shape index (κ1) is 23.0. The Morgan fingerprint density at radius 1 is 1.19 bits per heavy atom. The van der Waals surface area contributed by atoms with Gasteiger partial charge in [0.2, 0.25) is 15.6 Å². The maximum absolute atomic E-state index is 12.7. The van der Waals surface area contributed by atoms with E-state index in [-0.39, 0.29) is 15.4 Å². The average molecular weight is 445 g/mol. The Morgan fingerprint density at radius 2 is 1.88 bits per heavy atom.